The van der Waals surface area contributed by atoms with Crippen LogP contribution < -0.4 is 4.90 Å². The molecule has 138 valence electrons. The van der Waals surface area contributed by atoms with Crippen LogP contribution in [0.3, 0.4) is 0 Å². The second-order valence-corrected chi connectivity index (χ2v) is 8.27. The predicted molar refractivity (Wildman–Crippen MR) is 99.9 cm³/mol. The van der Waals surface area contributed by atoms with Crippen LogP contribution in [0.15, 0.2) is 18.3 Å². The number of hydrogen-bond acceptors (Lipinski definition) is 7. The van der Waals surface area contributed by atoms with Crippen LogP contribution in [-0.4, -0.2) is 49.9 Å². The van der Waals surface area contributed by atoms with Crippen LogP contribution >= 0.6 is 10.9 Å². The first-order valence-electron chi connectivity index (χ1n) is 8.95. The Balaban J connectivity index is 1.78. The number of ether oxygens (including phenoxy) is 1. The van der Waals surface area contributed by atoms with E-state index in [1.54, 1.807) is 12.3 Å². The maximum absolute atomic E-state index is 12.8. The third-order valence-corrected chi connectivity index (χ3v) is 6.54. The number of fused-ring (bicyclic) bond motifs is 1. The van der Waals surface area contributed by atoms with Gasteiger partial charge in [-0.05, 0) is 36.3 Å². The highest BCUT2D eigenvalue weighted by Gasteiger charge is 2.49. The molecule has 1 saturated carbocycles. The monoisotopic (exact) mass is 382 g/mol. The van der Waals surface area contributed by atoms with Crippen LogP contribution in [0.4, 0.5) is 5.82 Å². The van der Waals surface area contributed by atoms with Crippen molar-refractivity contribution in [2.45, 2.75) is 31.2 Å². The molecular formula is C18H18N6O2S. The first kappa shape index (κ1) is 16.6. The van der Waals surface area contributed by atoms with Crippen molar-refractivity contribution in [3.8, 4) is 17.5 Å². The number of morpholine rings is 1. The van der Waals surface area contributed by atoms with E-state index in [4.69, 9.17) is 9.72 Å². The molecule has 1 N–H and O–H groups in total. The second kappa shape index (κ2) is 5.99. The minimum atomic E-state index is -1.57. The van der Waals surface area contributed by atoms with Crippen molar-refractivity contribution in [3.63, 3.8) is 0 Å². The molecule has 1 aliphatic carbocycles. The first-order chi connectivity index (χ1) is 13.1. The Kier molecular flexibility index (Phi) is 3.69. The summed E-state index contributed by atoms with van der Waals surface area (Å²) in [6.07, 6.45) is 3.18. The van der Waals surface area contributed by atoms with Crippen molar-refractivity contribution >= 4 is 27.0 Å². The Morgan fingerprint density at radius 1 is 1.48 bits per heavy atom. The molecule has 0 bridgehead atoms. The molecule has 2 atom stereocenters. The molecule has 0 radical (unpaired) electrons. The summed E-state index contributed by atoms with van der Waals surface area (Å²) in [4.78, 5) is 7.03. The van der Waals surface area contributed by atoms with Crippen LogP contribution in [0.1, 0.15) is 25.3 Å². The van der Waals surface area contributed by atoms with Gasteiger partial charge >= 0.3 is 0 Å². The number of rotatable bonds is 3. The molecule has 9 heteroatoms. The Bertz CT molecular complexity index is 1050. The zero-order valence-corrected chi connectivity index (χ0v) is 15.6. The largest absolute Gasteiger partial charge is 0.568 e. The van der Waals surface area contributed by atoms with Gasteiger partial charge in [0.25, 0.3) is 0 Å². The van der Waals surface area contributed by atoms with Crippen molar-refractivity contribution in [1.29, 1.82) is 5.26 Å². The summed E-state index contributed by atoms with van der Waals surface area (Å²) in [7, 11) is -1.57. The zero-order valence-electron chi connectivity index (χ0n) is 14.8. The van der Waals surface area contributed by atoms with Crippen LogP contribution in [0.5, 0.6) is 0 Å². The number of H-pyrrole nitrogens is 1. The lowest BCUT2D eigenvalue weighted by Crippen LogP contribution is -2.44. The van der Waals surface area contributed by atoms with Crippen molar-refractivity contribution in [1.82, 2.24) is 19.6 Å². The molecule has 1 aliphatic heterocycles. The fraction of sp³-hybridized carbons (Fsp3) is 0.444. The Hall–Kier alpha value is -2.54. The highest BCUT2D eigenvalue weighted by Crippen LogP contribution is 2.53. The highest BCUT2D eigenvalue weighted by molar-refractivity contribution is 7.26. The number of hydrogen-bond donors (Lipinski definition) is 1. The van der Waals surface area contributed by atoms with Crippen LogP contribution in [-0.2, 0) is 10.2 Å². The molecule has 3 aromatic heterocycles. The molecule has 2 aliphatic rings. The fourth-order valence-electron chi connectivity index (χ4n) is 3.73. The van der Waals surface area contributed by atoms with E-state index in [2.05, 4.69) is 32.5 Å². The van der Waals surface area contributed by atoms with Gasteiger partial charge in [-0.1, -0.05) is 0 Å². The SMILES string of the molecule is C[C@@H]1COCCN1c1cc(C2(C#N)CC2)c2c(n1)c(-c1ccn[nH]1)n[s+]2[O-]. The average molecular weight is 382 g/mol. The topological polar surface area (TPSA) is 114 Å². The third kappa shape index (κ3) is 2.52. The molecule has 0 spiro atoms. The maximum Gasteiger partial charge on any atom is 0.230 e. The third-order valence-electron chi connectivity index (χ3n) is 5.43. The van der Waals surface area contributed by atoms with Gasteiger partial charge < -0.3 is 14.2 Å². The molecule has 1 saturated heterocycles. The standard InChI is InChI=1S/C18H18N6O2S/c1-11-9-26-7-6-24(11)14-8-12(18(10-19)3-4-18)17-16(21-14)15(23-27(17)25)13-2-5-20-22-13/h2,5,8,11H,3-4,6-7,9H2,1H3,(H,20,22)/t11-,27?/m1/s1. The quantitative estimate of drug-likeness (QED) is 0.692. The summed E-state index contributed by atoms with van der Waals surface area (Å²) >= 11 is 0. The lowest BCUT2D eigenvalue weighted by molar-refractivity contribution is 0.0985. The molecule has 0 amide bonds. The van der Waals surface area contributed by atoms with Gasteiger partial charge in [0.2, 0.25) is 4.70 Å². The van der Waals surface area contributed by atoms with Gasteiger partial charge in [0, 0.05) is 18.3 Å². The van der Waals surface area contributed by atoms with E-state index in [0.717, 1.165) is 30.8 Å². The highest BCUT2D eigenvalue weighted by atomic mass is 32.2. The molecule has 0 aromatic carbocycles. The van der Waals surface area contributed by atoms with Gasteiger partial charge in [-0.2, -0.15) is 10.4 Å². The summed E-state index contributed by atoms with van der Waals surface area (Å²) in [5, 5.41) is 16.6. The smallest absolute Gasteiger partial charge is 0.230 e. The first-order valence-corrected chi connectivity index (χ1v) is 10.1. The number of anilines is 1. The Morgan fingerprint density at radius 3 is 3.00 bits per heavy atom. The summed E-state index contributed by atoms with van der Waals surface area (Å²) in [5.74, 6) is 0.784. The lowest BCUT2D eigenvalue weighted by atomic mass is 9.97. The Morgan fingerprint density at radius 2 is 2.33 bits per heavy atom. The number of aromatic nitrogens is 4. The van der Waals surface area contributed by atoms with Crippen LogP contribution in [0.25, 0.3) is 21.6 Å². The molecule has 4 heterocycles. The lowest BCUT2D eigenvalue weighted by Gasteiger charge is -2.34. The minimum Gasteiger partial charge on any atom is -0.568 e. The summed E-state index contributed by atoms with van der Waals surface area (Å²) in [6, 6.07) is 6.34. The predicted octanol–water partition coefficient (Wildman–Crippen LogP) is 2.53. The van der Waals surface area contributed by atoms with E-state index in [1.165, 1.54) is 0 Å². The van der Waals surface area contributed by atoms with E-state index in [9.17, 15) is 9.81 Å². The van der Waals surface area contributed by atoms with E-state index < -0.39 is 16.4 Å². The van der Waals surface area contributed by atoms with Crippen molar-refractivity contribution in [3.05, 3.63) is 23.9 Å². The molecule has 1 unspecified atom stereocenters. The van der Waals surface area contributed by atoms with Gasteiger partial charge in [-0.15, -0.1) is 0 Å². The molecular weight excluding hydrogens is 364 g/mol. The number of pyridine rings is 1. The number of aromatic amines is 1. The van der Waals surface area contributed by atoms with Gasteiger partial charge in [-0.3, -0.25) is 5.10 Å². The minimum absolute atomic E-state index is 0.175. The van der Waals surface area contributed by atoms with Crippen LogP contribution in [0, 0.1) is 11.3 Å². The summed E-state index contributed by atoms with van der Waals surface area (Å²) in [6.45, 7) is 4.08. The van der Waals surface area contributed by atoms with Gasteiger partial charge in [0.1, 0.15) is 5.82 Å². The van der Waals surface area contributed by atoms with Gasteiger partial charge in [-0.25, -0.2) is 4.98 Å². The molecule has 27 heavy (non-hydrogen) atoms. The summed E-state index contributed by atoms with van der Waals surface area (Å²) < 4.78 is 23.3. The van der Waals surface area contributed by atoms with E-state index >= 15 is 0 Å². The van der Waals surface area contributed by atoms with Crippen LogP contribution in [0.2, 0.25) is 0 Å². The summed E-state index contributed by atoms with van der Waals surface area (Å²) in [5.41, 5.74) is 2.03. The zero-order chi connectivity index (χ0) is 18.6. The molecule has 5 rings (SSSR count). The molecule has 8 nitrogen and oxygen atoms in total. The molecule has 2 fully saturated rings. The van der Waals surface area contributed by atoms with Gasteiger partial charge in [0.15, 0.2) is 11.2 Å². The number of nitrogens with one attached hydrogen (secondary N) is 1. The van der Waals surface area contributed by atoms with E-state index in [-0.39, 0.29) is 6.04 Å². The maximum atomic E-state index is 12.8. The van der Waals surface area contributed by atoms with Gasteiger partial charge in [0.05, 0.1) is 47.4 Å². The number of nitriles is 1. The molecule has 3 aromatic rings. The average Bonchev–Trinajstić information content (AvgIpc) is 3.15. The van der Waals surface area contributed by atoms with Crippen molar-refractivity contribution < 1.29 is 9.29 Å². The van der Waals surface area contributed by atoms with Crippen molar-refractivity contribution in [2.75, 3.05) is 24.7 Å². The Labute approximate surface area is 158 Å². The second-order valence-electron chi connectivity index (χ2n) is 7.18. The van der Waals surface area contributed by atoms with Crippen molar-refractivity contribution in [2.24, 2.45) is 0 Å². The number of nitrogens with zero attached hydrogens (tertiary/aromatic N) is 5. The van der Waals surface area contributed by atoms with E-state index in [1.807, 2.05) is 6.07 Å². The normalized spacial score (nSPS) is 22.0. The fourth-order valence-corrected chi connectivity index (χ4v) is 4.92. The van der Waals surface area contributed by atoms with E-state index in [0.29, 0.717) is 34.8 Å².